The summed E-state index contributed by atoms with van der Waals surface area (Å²) in [7, 11) is 0. The van der Waals surface area contributed by atoms with Gasteiger partial charge in [0, 0.05) is 42.5 Å². The maximum absolute atomic E-state index is 12.6. The number of hydrogen-bond acceptors (Lipinski definition) is 7. The number of imidazole rings is 1. The molecule has 196 valence electrons. The molecule has 1 aliphatic carbocycles. The van der Waals surface area contributed by atoms with Crippen molar-refractivity contribution in [3.05, 3.63) is 42.6 Å². The van der Waals surface area contributed by atoms with Crippen molar-refractivity contribution >= 4 is 22.8 Å². The summed E-state index contributed by atoms with van der Waals surface area (Å²) in [5.41, 5.74) is 5.14. The number of amides is 1. The van der Waals surface area contributed by atoms with Crippen LogP contribution in [0.5, 0.6) is 11.8 Å². The van der Waals surface area contributed by atoms with Crippen LogP contribution in [-0.2, 0) is 16.0 Å². The minimum atomic E-state index is -0.0422. The van der Waals surface area contributed by atoms with Gasteiger partial charge in [-0.2, -0.15) is 10.1 Å². The molecule has 10 nitrogen and oxygen atoms in total. The van der Waals surface area contributed by atoms with Crippen LogP contribution in [0.1, 0.15) is 70.2 Å². The monoisotopic (exact) mass is 513 g/mol. The first-order valence-electron chi connectivity index (χ1n) is 13.6. The Hall–Kier alpha value is -3.79. The van der Waals surface area contributed by atoms with Crippen LogP contribution in [0.15, 0.2) is 37.1 Å². The SMILES string of the molecule is CC(=O)N1c2ccc(-c3cnn(C4CC4)c3)c(Oc3ncc4c(ncn4C4CCCCO4)n3)c2CC[C@@H]1C. The molecule has 1 unspecified atom stereocenters. The molecule has 4 aromatic rings. The zero-order chi connectivity index (χ0) is 25.8. The fraction of sp³-hybridized carbons (Fsp3) is 0.464. The highest BCUT2D eigenvalue weighted by atomic mass is 16.5. The van der Waals surface area contributed by atoms with Crippen LogP contribution in [0, 0.1) is 0 Å². The minimum Gasteiger partial charge on any atom is -0.423 e. The topological polar surface area (TPSA) is 100 Å². The van der Waals surface area contributed by atoms with Gasteiger partial charge in [0.05, 0.1) is 30.5 Å². The molecule has 2 atom stereocenters. The van der Waals surface area contributed by atoms with Gasteiger partial charge in [0.2, 0.25) is 5.91 Å². The van der Waals surface area contributed by atoms with Crippen molar-refractivity contribution in [1.82, 2.24) is 29.3 Å². The number of nitrogens with zero attached hydrogens (tertiary/aromatic N) is 7. The molecule has 1 aromatic carbocycles. The first-order valence-corrected chi connectivity index (χ1v) is 13.6. The quantitative estimate of drug-likeness (QED) is 0.361. The van der Waals surface area contributed by atoms with E-state index in [1.807, 2.05) is 32.5 Å². The molecule has 2 fully saturated rings. The smallest absolute Gasteiger partial charge is 0.324 e. The number of hydrogen-bond donors (Lipinski definition) is 0. The van der Waals surface area contributed by atoms with E-state index in [1.54, 1.807) is 19.4 Å². The van der Waals surface area contributed by atoms with Gasteiger partial charge in [-0.3, -0.25) is 9.48 Å². The van der Waals surface area contributed by atoms with E-state index < -0.39 is 0 Å². The van der Waals surface area contributed by atoms with Gasteiger partial charge in [0.15, 0.2) is 5.65 Å². The van der Waals surface area contributed by atoms with Crippen LogP contribution >= 0.6 is 0 Å². The van der Waals surface area contributed by atoms with Crippen molar-refractivity contribution in [3.8, 4) is 22.9 Å². The molecule has 0 spiro atoms. The average Bonchev–Trinajstić information content (AvgIpc) is 3.50. The first-order chi connectivity index (χ1) is 18.6. The zero-order valence-corrected chi connectivity index (χ0v) is 21.7. The van der Waals surface area contributed by atoms with Crippen molar-refractivity contribution < 1.29 is 14.3 Å². The van der Waals surface area contributed by atoms with E-state index in [2.05, 4.69) is 33.2 Å². The zero-order valence-electron chi connectivity index (χ0n) is 21.7. The minimum absolute atomic E-state index is 0.0202. The number of benzene rings is 1. The molecule has 1 saturated carbocycles. The molecule has 0 N–H and O–H groups in total. The summed E-state index contributed by atoms with van der Waals surface area (Å²) in [5.74, 6) is 0.692. The second kappa shape index (κ2) is 9.20. The van der Waals surface area contributed by atoms with E-state index in [1.165, 1.54) is 0 Å². The van der Waals surface area contributed by atoms with Crippen molar-refractivity contribution in [2.45, 2.75) is 77.1 Å². The Balaban J connectivity index is 1.30. The van der Waals surface area contributed by atoms with Gasteiger partial charge in [-0.25, -0.2) is 9.97 Å². The number of carbonyl (C=O) groups excluding carboxylic acids is 1. The third-order valence-electron chi connectivity index (χ3n) is 7.89. The fourth-order valence-electron chi connectivity index (χ4n) is 5.76. The highest BCUT2D eigenvalue weighted by Gasteiger charge is 2.31. The lowest BCUT2D eigenvalue weighted by Gasteiger charge is -2.35. The van der Waals surface area contributed by atoms with E-state index in [9.17, 15) is 4.79 Å². The Morgan fingerprint density at radius 2 is 2.00 bits per heavy atom. The number of fused-ring (bicyclic) bond motifs is 2. The second-order valence-electron chi connectivity index (χ2n) is 10.6. The van der Waals surface area contributed by atoms with Crippen LogP contribution in [0.25, 0.3) is 22.3 Å². The Morgan fingerprint density at radius 1 is 1.11 bits per heavy atom. The molecule has 1 amide bonds. The third kappa shape index (κ3) is 4.03. The van der Waals surface area contributed by atoms with Gasteiger partial charge in [-0.1, -0.05) is 0 Å². The Morgan fingerprint density at radius 3 is 2.79 bits per heavy atom. The maximum Gasteiger partial charge on any atom is 0.324 e. The number of carbonyl (C=O) groups is 1. The molecule has 10 heteroatoms. The Bertz CT molecular complexity index is 1520. The van der Waals surface area contributed by atoms with Gasteiger partial charge in [-0.05, 0) is 64.0 Å². The highest BCUT2D eigenvalue weighted by molar-refractivity contribution is 5.95. The molecule has 5 heterocycles. The Labute approximate surface area is 220 Å². The van der Waals surface area contributed by atoms with E-state index in [0.717, 1.165) is 79.4 Å². The van der Waals surface area contributed by atoms with Crippen molar-refractivity contribution in [3.63, 3.8) is 0 Å². The largest absolute Gasteiger partial charge is 0.423 e. The van der Waals surface area contributed by atoms with Gasteiger partial charge in [0.25, 0.3) is 0 Å². The maximum atomic E-state index is 12.6. The fourth-order valence-corrected chi connectivity index (χ4v) is 5.76. The van der Waals surface area contributed by atoms with Crippen LogP contribution in [0.2, 0.25) is 0 Å². The lowest BCUT2D eigenvalue weighted by Crippen LogP contribution is -2.40. The standard InChI is InChI=1S/C28H31N7O3/c1-17-6-9-22-23(35(17)18(2)36)11-10-21(19-13-31-34(15-19)20-7-8-20)26(22)38-28-29-14-24-27(32-28)30-16-33(24)25-5-3-4-12-37-25/h10-11,13-17,20,25H,3-9,12H2,1-2H3/t17-,25?/m0/s1. The second-order valence-corrected chi connectivity index (χ2v) is 10.6. The summed E-state index contributed by atoms with van der Waals surface area (Å²) >= 11 is 0. The van der Waals surface area contributed by atoms with Crippen molar-refractivity contribution in [2.24, 2.45) is 0 Å². The normalized spacial score (nSPS) is 21.5. The van der Waals surface area contributed by atoms with Gasteiger partial charge < -0.3 is 18.9 Å². The van der Waals surface area contributed by atoms with Gasteiger partial charge >= 0.3 is 6.01 Å². The number of ether oxygens (including phenoxy) is 2. The molecule has 7 rings (SSSR count). The molecular formula is C28H31N7O3. The molecule has 1 saturated heterocycles. The molecule has 0 radical (unpaired) electrons. The lowest BCUT2D eigenvalue weighted by atomic mass is 9.92. The summed E-state index contributed by atoms with van der Waals surface area (Å²) < 4.78 is 16.5. The lowest BCUT2D eigenvalue weighted by molar-refractivity contribution is -0.117. The highest BCUT2D eigenvalue weighted by Crippen LogP contribution is 2.45. The van der Waals surface area contributed by atoms with E-state index in [4.69, 9.17) is 9.47 Å². The first kappa shape index (κ1) is 23.3. The van der Waals surface area contributed by atoms with Crippen LogP contribution in [-0.4, -0.2) is 47.9 Å². The third-order valence-corrected chi connectivity index (χ3v) is 7.89. The van der Waals surface area contributed by atoms with E-state index >= 15 is 0 Å². The van der Waals surface area contributed by atoms with E-state index in [-0.39, 0.29) is 24.2 Å². The molecular weight excluding hydrogens is 482 g/mol. The predicted octanol–water partition coefficient (Wildman–Crippen LogP) is 5.20. The van der Waals surface area contributed by atoms with Crippen molar-refractivity contribution in [2.75, 3.05) is 11.5 Å². The van der Waals surface area contributed by atoms with E-state index in [0.29, 0.717) is 17.4 Å². The van der Waals surface area contributed by atoms with Crippen LogP contribution in [0.3, 0.4) is 0 Å². The predicted molar refractivity (Wildman–Crippen MR) is 141 cm³/mol. The van der Waals surface area contributed by atoms with Gasteiger partial charge in [0.1, 0.15) is 17.5 Å². The molecule has 3 aromatic heterocycles. The van der Waals surface area contributed by atoms with Crippen molar-refractivity contribution in [1.29, 1.82) is 0 Å². The Kier molecular flexibility index (Phi) is 5.65. The summed E-state index contributed by atoms with van der Waals surface area (Å²) in [6.07, 6.45) is 14.6. The number of anilines is 1. The average molecular weight is 514 g/mol. The number of aromatic nitrogens is 6. The van der Waals surface area contributed by atoms with Crippen LogP contribution < -0.4 is 9.64 Å². The molecule has 3 aliphatic rings. The summed E-state index contributed by atoms with van der Waals surface area (Å²) in [6, 6.07) is 4.87. The molecule has 38 heavy (non-hydrogen) atoms. The molecule has 2 aliphatic heterocycles. The summed E-state index contributed by atoms with van der Waals surface area (Å²) in [4.78, 5) is 28.2. The summed E-state index contributed by atoms with van der Waals surface area (Å²) in [5, 5.41) is 4.60. The summed E-state index contributed by atoms with van der Waals surface area (Å²) in [6.45, 7) is 4.45. The van der Waals surface area contributed by atoms with Crippen LogP contribution in [0.4, 0.5) is 5.69 Å². The van der Waals surface area contributed by atoms with Gasteiger partial charge in [-0.15, -0.1) is 0 Å². The number of rotatable bonds is 5. The molecule has 0 bridgehead atoms.